The van der Waals surface area contributed by atoms with E-state index in [0.29, 0.717) is 16.9 Å². The smallest absolute Gasteiger partial charge is 0.0614 e. The molecular formula is C37H62N2O. The molecule has 1 aromatic carbocycles. The minimum absolute atomic E-state index is 0.446. The average molecular weight is 551 g/mol. The maximum atomic E-state index is 6.97. The van der Waals surface area contributed by atoms with Gasteiger partial charge < -0.3 is 16.2 Å². The monoisotopic (exact) mass is 550 g/mol. The number of nitrogens with two attached hydrogens (primary N) is 2. The number of nitrogen functional groups attached to an aromatic ring is 2. The summed E-state index contributed by atoms with van der Waals surface area (Å²) in [5, 5.41) is 0. The number of aryl methyl sites for hydroxylation is 1. The molecule has 3 heteroatoms. The molecule has 0 spiro atoms. The summed E-state index contributed by atoms with van der Waals surface area (Å²) in [6.07, 6.45) is 21.0. The van der Waals surface area contributed by atoms with Crippen LogP contribution in [0.15, 0.2) is 18.2 Å². The molecule has 9 atom stereocenters. The van der Waals surface area contributed by atoms with Crippen LogP contribution in [0.1, 0.15) is 130 Å². The van der Waals surface area contributed by atoms with Crippen molar-refractivity contribution in [2.24, 2.45) is 52.3 Å². The normalized spacial score (nSPS) is 38.0. The number of unbranched alkanes of at least 4 members (excludes halogenated alkanes) is 1. The van der Waals surface area contributed by atoms with Crippen LogP contribution in [0.25, 0.3) is 0 Å². The van der Waals surface area contributed by atoms with Crippen molar-refractivity contribution >= 4 is 11.4 Å². The molecule has 0 amide bonds. The Morgan fingerprint density at radius 1 is 0.875 bits per heavy atom. The van der Waals surface area contributed by atoms with Gasteiger partial charge >= 0.3 is 0 Å². The third-order valence-electron chi connectivity index (χ3n) is 13.1. The number of anilines is 2. The van der Waals surface area contributed by atoms with E-state index in [2.05, 4.69) is 40.7 Å². The molecule has 226 valence electrons. The van der Waals surface area contributed by atoms with Crippen LogP contribution in [0, 0.1) is 52.3 Å². The first kappa shape index (κ1) is 30.2. The first-order valence-corrected chi connectivity index (χ1v) is 17.4. The Balaban J connectivity index is 1.26. The lowest BCUT2D eigenvalue weighted by atomic mass is 9.44. The zero-order chi connectivity index (χ0) is 28.5. The maximum absolute atomic E-state index is 6.97. The minimum Gasteiger partial charge on any atom is -0.399 e. The van der Waals surface area contributed by atoms with E-state index in [1.807, 2.05) is 12.1 Å². The molecule has 4 fully saturated rings. The van der Waals surface area contributed by atoms with Crippen molar-refractivity contribution in [2.45, 2.75) is 137 Å². The third kappa shape index (κ3) is 5.97. The van der Waals surface area contributed by atoms with Crippen LogP contribution in [0.2, 0.25) is 0 Å². The second-order valence-corrected chi connectivity index (χ2v) is 15.8. The second kappa shape index (κ2) is 12.6. The Morgan fingerprint density at radius 3 is 2.48 bits per heavy atom. The summed E-state index contributed by atoms with van der Waals surface area (Å²) in [5.74, 6) is 6.05. The van der Waals surface area contributed by atoms with Crippen LogP contribution in [-0.2, 0) is 11.2 Å². The molecule has 0 aliphatic heterocycles. The van der Waals surface area contributed by atoms with E-state index in [0.717, 1.165) is 78.7 Å². The molecule has 4 aliphatic carbocycles. The molecule has 4 N–H and O–H groups in total. The van der Waals surface area contributed by atoms with Gasteiger partial charge in [0, 0.05) is 18.0 Å². The molecule has 4 aliphatic rings. The summed E-state index contributed by atoms with van der Waals surface area (Å²) in [5.41, 5.74) is 16.0. The molecule has 0 saturated heterocycles. The van der Waals surface area contributed by atoms with Crippen LogP contribution in [0.4, 0.5) is 11.4 Å². The van der Waals surface area contributed by atoms with Crippen molar-refractivity contribution in [3.05, 3.63) is 23.8 Å². The zero-order valence-corrected chi connectivity index (χ0v) is 26.7. The highest BCUT2D eigenvalue weighted by Gasteiger charge is 2.62. The SMILES string of the molecule is CC(C)CCC[C@@H](C)[C@H]1C(OCCCCc2ccc(N)cc2N)C[C@H]2[C@@H]3CCC4CCCC[C@]4(C)[C@H]3CC[C@]12C. The number of rotatable bonds is 11. The van der Waals surface area contributed by atoms with Gasteiger partial charge in [-0.2, -0.15) is 0 Å². The van der Waals surface area contributed by atoms with E-state index < -0.39 is 0 Å². The maximum Gasteiger partial charge on any atom is 0.0614 e. The minimum atomic E-state index is 0.446. The Labute approximate surface area is 247 Å². The summed E-state index contributed by atoms with van der Waals surface area (Å²) in [6.45, 7) is 13.7. The Morgan fingerprint density at radius 2 is 1.70 bits per heavy atom. The average Bonchev–Trinajstić information content (AvgIpc) is 3.21. The lowest BCUT2D eigenvalue weighted by Crippen LogP contribution is -2.53. The Hall–Kier alpha value is -1.22. The molecule has 0 radical (unpaired) electrons. The molecule has 4 saturated carbocycles. The molecule has 40 heavy (non-hydrogen) atoms. The first-order chi connectivity index (χ1) is 19.1. The molecule has 3 nitrogen and oxygen atoms in total. The fourth-order valence-corrected chi connectivity index (χ4v) is 11.0. The summed E-state index contributed by atoms with van der Waals surface area (Å²) >= 11 is 0. The number of benzene rings is 1. The number of hydrogen-bond donors (Lipinski definition) is 2. The van der Waals surface area contributed by atoms with E-state index in [9.17, 15) is 0 Å². The third-order valence-corrected chi connectivity index (χ3v) is 13.1. The summed E-state index contributed by atoms with van der Waals surface area (Å²) in [4.78, 5) is 0. The van der Waals surface area contributed by atoms with Gasteiger partial charge in [0.1, 0.15) is 0 Å². The lowest BCUT2D eigenvalue weighted by molar-refractivity contribution is -0.116. The quantitative estimate of drug-likeness (QED) is 0.213. The topological polar surface area (TPSA) is 61.3 Å². The van der Waals surface area contributed by atoms with E-state index in [1.165, 1.54) is 82.6 Å². The van der Waals surface area contributed by atoms with Gasteiger partial charge in [-0.05, 0) is 134 Å². The van der Waals surface area contributed by atoms with Crippen molar-refractivity contribution in [1.82, 2.24) is 0 Å². The van der Waals surface area contributed by atoms with Crippen LogP contribution >= 0.6 is 0 Å². The highest BCUT2D eigenvalue weighted by molar-refractivity contribution is 5.56. The van der Waals surface area contributed by atoms with Gasteiger partial charge in [0.15, 0.2) is 0 Å². The Kier molecular flexibility index (Phi) is 9.50. The number of ether oxygens (including phenoxy) is 1. The predicted octanol–water partition coefficient (Wildman–Crippen LogP) is 9.68. The highest BCUT2D eigenvalue weighted by Crippen LogP contribution is 2.68. The molecule has 0 bridgehead atoms. The van der Waals surface area contributed by atoms with E-state index in [4.69, 9.17) is 16.2 Å². The van der Waals surface area contributed by atoms with Gasteiger partial charge in [0.05, 0.1) is 6.10 Å². The van der Waals surface area contributed by atoms with Crippen molar-refractivity contribution in [2.75, 3.05) is 18.1 Å². The lowest BCUT2D eigenvalue weighted by Gasteiger charge is -2.60. The van der Waals surface area contributed by atoms with Crippen LogP contribution in [0.5, 0.6) is 0 Å². The van der Waals surface area contributed by atoms with Crippen molar-refractivity contribution in [1.29, 1.82) is 0 Å². The summed E-state index contributed by atoms with van der Waals surface area (Å²) in [7, 11) is 0. The van der Waals surface area contributed by atoms with E-state index in [1.54, 1.807) is 0 Å². The zero-order valence-electron chi connectivity index (χ0n) is 26.7. The van der Waals surface area contributed by atoms with Crippen LogP contribution < -0.4 is 11.5 Å². The largest absolute Gasteiger partial charge is 0.399 e. The first-order valence-electron chi connectivity index (χ1n) is 17.4. The van der Waals surface area contributed by atoms with Crippen LogP contribution in [-0.4, -0.2) is 12.7 Å². The summed E-state index contributed by atoms with van der Waals surface area (Å²) in [6, 6.07) is 5.97. The summed E-state index contributed by atoms with van der Waals surface area (Å²) < 4.78 is 6.97. The molecule has 0 heterocycles. The Bertz CT molecular complexity index is 975. The van der Waals surface area contributed by atoms with Gasteiger partial charge in [-0.1, -0.05) is 72.8 Å². The van der Waals surface area contributed by atoms with Gasteiger partial charge in [-0.3, -0.25) is 0 Å². The fraction of sp³-hybridized carbons (Fsp3) is 0.838. The van der Waals surface area contributed by atoms with Crippen LogP contribution in [0.3, 0.4) is 0 Å². The standard InChI is InChI=1S/C37H62N2O/c1-25(2)11-10-12-26(3)35-34(40-22-9-7-13-27-15-17-29(38)23-33(27)39)24-32-30-18-16-28-14-6-8-20-36(28,4)31(30)19-21-37(32,35)5/h15,17,23,25-26,28,30-32,34-35H,6-14,16,18-22,24,38-39H2,1-5H3/t26-,28?,30-,31+,32+,34?,35+,36+,37+/m1/s1. The molecule has 1 aromatic rings. The predicted molar refractivity (Wildman–Crippen MR) is 171 cm³/mol. The second-order valence-electron chi connectivity index (χ2n) is 15.8. The fourth-order valence-electron chi connectivity index (χ4n) is 11.0. The van der Waals surface area contributed by atoms with Gasteiger partial charge in [-0.25, -0.2) is 0 Å². The van der Waals surface area contributed by atoms with Gasteiger partial charge in [-0.15, -0.1) is 0 Å². The van der Waals surface area contributed by atoms with Crippen molar-refractivity contribution < 1.29 is 4.74 Å². The molecular weight excluding hydrogens is 488 g/mol. The molecule has 0 aromatic heterocycles. The van der Waals surface area contributed by atoms with Crippen molar-refractivity contribution in [3.63, 3.8) is 0 Å². The van der Waals surface area contributed by atoms with Gasteiger partial charge in [0.2, 0.25) is 0 Å². The van der Waals surface area contributed by atoms with E-state index in [-0.39, 0.29) is 0 Å². The van der Waals surface area contributed by atoms with Crippen molar-refractivity contribution in [3.8, 4) is 0 Å². The number of fused-ring (bicyclic) bond motifs is 5. The molecule has 2 unspecified atom stereocenters. The highest BCUT2D eigenvalue weighted by atomic mass is 16.5. The van der Waals surface area contributed by atoms with Gasteiger partial charge in [0.25, 0.3) is 0 Å². The molecule has 5 rings (SSSR count). The van der Waals surface area contributed by atoms with E-state index >= 15 is 0 Å². The number of hydrogen-bond acceptors (Lipinski definition) is 3.